The molecule has 0 saturated heterocycles. The van der Waals surface area contributed by atoms with Gasteiger partial charge in [-0.3, -0.25) is 0 Å². The molecular formula is C36H50O4Si2. The molecule has 0 bridgehead atoms. The smallest absolute Gasteiger partial charge is 0.261 e. The second-order valence-electron chi connectivity index (χ2n) is 12.0. The second-order valence-corrected chi connectivity index (χ2v) is 21.0. The molecule has 0 amide bonds. The van der Waals surface area contributed by atoms with Crippen LogP contribution in [0.25, 0.3) is 0 Å². The van der Waals surface area contributed by atoms with E-state index >= 15 is 0 Å². The maximum Gasteiger partial charge on any atom is 0.261 e. The Bertz CT molecular complexity index is 1180. The second kappa shape index (κ2) is 15.7. The zero-order chi connectivity index (χ0) is 30.6. The van der Waals surface area contributed by atoms with E-state index < -0.39 is 16.6 Å². The van der Waals surface area contributed by atoms with Gasteiger partial charge in [-0.15, -0.1) is 12.3 Å². The van der Waals surface area contributed by atoms with E-state index in [0.717, 1.165) is 29.4 Å². The maximum absolute atomic E-state index is 7.39. The molecule has 3 aromatic carbocycles. The highest BCUT2D eigenvalue weighted by molar-refractivity contribution is 6.99. The first-order chi connectivity index (χ1) is 20.2. The molecule has 0 aliphatic carbocycles. The van der Waals surface area contributed by atoms with Crippen molar-refractivity contribution in [3.05, 3.63) is 90.5 Å². The molecule has 0 radical (unpaired) electrons. The van der Waals surface area contributed by atoms with Crippen LogP contribution in [0.15, 0.2) is 84.9 Å². The number of terminal acetylenes is 1. The first-order valence-electron chi connectivity index (χ1n) is 15.3. The van der Waals surface area contributed by atoms with E-state index in [1.165, 1.54) is 10.4 Å². The van der Waals surface area contributed by atoms with Crippen LogP contribution in [0.3, 0.4) is 0 Å². The molecule has 0 aliphatic rings. The molecule has 0 spiro atoms. The Morgan fingerprint density at radius 2 is 1.29 bits per heavy atom. The van der Waals surface area contributed by atoms with Crippen molar-refractivity contribution < 1.29 is 18.3 Å². The summed E-state index contributed by atoms with van der Waals surface area (Å²) in [4.78, 5) is 0. The molecule has 3 rings (SSSR count). The van der Waals surface area contributed by atoms with Gasteiger partial charge in [0, 0.05) is 6.42 Å². The number of ether oxygens (including phenoxy) is 2. The van der Waals surface area contributed by atoms with Gasteiger partial charge in [0.25, 0.3) is 8.32 Å². The Balaban J connectivity index is 2.04. The molecule has 0 heterocycles. The van der Waals surface area contributed by atoms with Gasteiger partial charge in [-0.1, -0.05) is 114 Å². The highest BCUT2D eigenvalue weighted by Gasteiger charge is 2.51. The molecule has 2 atom stereocenters. The van der Waals surface area contributed by atoms with Crippen LogP contribution in [0.1, 0.15) is 53.5 Å². The van der Waals surface area contributed by atoms with Gasteiger partial charge in [-0.05, 0) is 51.2 Å². The first-order valence-corrected chi connectivity index (χ1v) is 19.7. The minimum Gasteiger partial charge on any atom is -0.497 e. The van der Waals surface area contributed by atoms with Crippen molar-refractivity contribution in [2.75, 3.05) is 13.7 Å². The summed E-state index contributed by atoms with van der Waals surface area (Å²) in [6.07, 6.45) is 5.81. The lowest BCUT2D eigenvalue weighted by Gasteiger charge is -2.45. The Morgan fingerprint density at radius 1 is 0.762 bits per heavy atom. The largest absolute Gasteiger partial charge is 0.497 e. The van der Waals surface area contributed by atoms with Crippen LogP contribution in [0.5, 0.6) is 5.75 Å². The topological polar surface area (TPSA) is 36.9 Å². The average molecular weight is 603 g/mol. The molecule has 226 valence electrons. The van der Waals surface area contributed by atoms with Crippen LogP contribution in [-0.4, -0.2) is 42.6 Å². The fourth-order valence-electron chi connectivity index (χ4n) is 5.85. The fraction of sp³-hybridized carbons (Fsp3) is 0.444. The highest BCUT2D eigenvalue weighted by Crippen LogP contribution is 2.37. The van der Waals surface area contributed by atoms with E-state index in [9.17, 15) is 0 Å². The molecule has 0 unspecified atom stereocenters. The monoisotopic (exact) mass is 602 g/mol. The number of rotatable bonds is 16. The van der Waals surface area contributed by atoms with Crippen LogP contribution in [0.2, 0.25) is 23.2 Å². The maximum atomic E-state index is 7.39. The SMILES string of the molecule is C#CC[C@H](OCc1ccc(OC)cc1)[C@H](CO[Si](c1ccccc1)(c1ccccc1)C(C)(C)C)O[Si](CC)(CC)CC. The summed E-state index contributed by atoms with van der Waals surface area (Å²) in [6.45, 7) is 14.5. The van der Waals surface area contributed by atoms with Crippen molar-refractivity contribution in [1.82, 2.24) is 0 Å². The quantitative estimate of drug-likeness (QED) is 0.125. The predicted octanol–water partition coefficient (Wildman–Crippen LogP) is 7.57. The molecular weight excluding hydrogens is 553 g/mol. The summed E-state index contributed by atoms with van der Waals surface area (Å²) in [7, 11) is -3.12. The molecule has 4 nitrogen and oxygen atoms in total. The van der Waals surface area contributed by atoms with Crippen molar-refractivity contribution in [2.45, 2.75) is 89.9 Å². The summed E-state index contributed by atoms with van der Waals surface area (Å²) in [6, 6.07) is 32.6. The zero-order valence-corrected chi connectivity index (χ0v) is 28.7. The van der Waals surface area contributed by atoms with Gasteiger partial charge in [0.1, 0.15) is 5.75 Å². The lowest BCUT2D eigenvalue weighted by atomic mass is 10.1. The van der Waals surface area contributed by atoms with Gasteiger partial charge in [0.15, 0.2) is 8.32 Å². The van der Waals surface area contributed by atoms with E-state index in [4.69, 9.17) is 24.7 Å². The van der Waals surface area contributed by atoms with Gasteiger partial charge >= 0.3 is 0 Å². The van der Waals surface area contributed by atoms with Gasteiger partial charge in [-0.25, -0.2) is 0 Å². The summed E-state index contributed by atoms with van der Waals surface area (Å²) in [5.41, 5.74) is 1.06. The van der Waals surface area contributed by atoms with Gasteiger partial charge in [0.2, 0.25) is 0 Å². The van der Waals surface area contributed by atoms with Crippen molar-refractivity contribution in [3.8, 4) is 18.1 Å². The Morgan fingerprint density at radius 3 is 1.71 bits per heavy atom. The third kappa shape index (κ3) is 8.03. The summed E-state index contributed by atoms with van der Waals surface area (Å²) < 4.78 is 26.5. The lowest BCUT2D eigenvalue weighted by Crippen LogP contribution is -2.67. The minimum atomic E-state index is -2.77. The van der Waals surface area contributed by atoms with Gasteiger partial charge in [-0.2, -0.15) is 0 Å². The number of hydrogen-bond donors (Lipinski definition) is 0. The first kappa shape index (κ1) is 33.8. The molecule has 6 heteroatoms. The van der Waals surface area contributed by atoms with E-state index in [1.54, 1.807) is 7.11 Å². The van der Waals surface area contributed by atoms with Crippen LogP contribution in [-0.2, 0) is 20.2 Å². The van der Waals surface area contributed by atoms with Crippen molar-refractivity contribution in [1.29, 1.82) is 0 Å². The predicted molar refractivity (Wildman–Crippen MR) is 181 cm³/mol. The van der Waals surface area contributed by atoms with Gasteiger partial charge in [0.05, 0.1) is 32.5 Å². The van der Waals surface area contributed by atoms with E-state index in [-0.39, 0.29) is 17.2 Å². The number of methoxy groups -OCH3 is 1. The number of hydrogen-bond acceptors (Lipinski definition) is 4. The zero-order valence-electron chi connectivity index (χ0n) is 26.7. The number of benzene rings is 3. The average Bonchev–Trinajstić information content (AvgIpc) is 3.02. The standard InChI is InChI=1S/C36H50O4Si2/c1-9-19-34(38-28-30-24-26-31(37-8)27-25-30)35(40-41(10-2,11-3)12-4)29-39-42(36(5,6)7,32-20-15-13-16-21-32)33-22-17-14-18-23-33/h1,13-18,20-27,34-35H,10-12,19,28-29H2,2-8H3/t34-,35-/m0/s1. The molecule has 0 aromatic heterocycles. The van der Waals surface area contributed by atoms with Crippen LogP contribution < -0.4 is 15.1 Å². The Hall–Kier alpha value is -2.67. The Labute approximate surface area is 257 Å². The molecule has 0 fully saturated rings. The summed E-state index contributed by atoms with van der Waals surface area (Å²) in [5, 5.41) is 2.36. The molecule has 0 saturated carbocycles. The van der Waals surface area contributed by atoms with Crippen molar-refractivity contribution in [3.63, 3.8) is 0 Å². The van der Waals surface area contributed by atoms with Gasteiger partial charge < -0.3 is 18.3 Å². The third-order valence-electron chi connectivity index (χ3n) is 8.57. The van der Waals surface area contributed by atoms with Crippen LogP contribution in [0, 0.1) is 12.3 Å². The van der Waals surface area contributed by atoms with E-state index in [2.05, 4.69) is 108 Å². The van der Waals surface area contributed by atoms with Crippen LogP contribution >= 0.6 is 0 Å². The summed E-state index contributed by atoms with van der Waals surface area (Å²) in [5.74, 6) is 3.70. The third-order valence-corrected chi connectivity index (χ3v) is 18.2. The fourth-order valence-corrected chi connectivity index (χ4v) is 13.3. The molecule has 0 N–H and O–H groups in total. The molecule has 0 aliphatic heterocycles. The lowest BCUT2D eigenvalue weighted by molar-refractivity contribution is -0.0526. The summed E-state index contributed by atoms with van der Waals surface area (Å²) >= 11 is 0. The van der Waals surface area contributed by atoms with Crippen molar-refractivity contribution in [2.24, 2.45) is 0 Å². The molecule has 3 aromatic rings. The minimum absolute atomic E-state index is 0.138. The molecule has 42 heavy (non-hydrogen) atoms. The normalized spacial score (nSPS) is 13.8. The Kier molecular flexibility index (Phi) is 12.6. The van der Waals surface area contributed by atoms with Crippen molar-refractivity contribution >= 4 is 27.0 Å². The van der Waals surface area contributed by atoms with E-state index in [0.29, 0.717) is 19.6 Å². The van der Waals surface area contributed by atoms with E-state index in [1.807, 2.05) is 24.3 Å². The highest BCUT2D eigenvalue weighted by atomic mass is 28.4. The van der Waals surface area contributed by atoms with Crippen LogP contribution in [0.4, 0.5) is 0 Å².